The van der Waals surface area contributed by atoms with Gasteiger partial charge in [-0.15, -0.1) is 0 Å². The van der Waals surface area contributed by atoms with E-state index in [1.807, 2.05) is 25.7 Å². The average molecular weight is 331 g/mol. The van der Waals surface area contributed by atoms with E-state index >= 15 is 0 Å². The van der Waals surface area contributed by atoms with E-state index < -0.39 is 5.60 Å². The van der Waals surface area contributed by atoms with Gasteiger partial charge in [0.05, 0.1) is 0 Å². The fraction of sp³-hybridized carbons (Fsp3) is 0.632. The van der Waals surface area contributed by atoms with Crippen LogP contribution in [0.2, 0.25) is 0 Å². The van der Waals surface area contributed by atoms with E-state index in [-0.39, 0.29) is 6.09 Å². The number of carbonyl (C=O) groups excluding carboxylic acids is 1. The Morgan fingerprint density at radius 2 is 2.00 bits per heavy atom. The van der Waals surface area contributed by atoms with Crippen molar-refractivity contribution < 1.29 is 9.53 Å². The highest BCUT2D eigenvalue weighted by atomic mass is 16.6. The summed E-state index contributed by atoms with van der Waals surface area (Å²) in [6.45, 7) is 11.1. The topological polar surface area (TPSA) is 44.8 Å². The molecule has 2 aliphatic rings. The lowest BCUT2D eigenvalue weighted by atomic mass is 9.98. The van der Waals surface area contributed by atoms with E-state index in [0.29, 0.717) is 6.54 Å². The number of hydrogen-bond donors (Lipinski definition) is 1. The van der Waals surface area contributed by atoms with Gasteiger partial charge in [-0.2, -0.15) is 0 Å². The van der Waals surface area contributed by atoms with Gasteiger partial charge in [0.1, 0.15) is 5.60 Å². The highest BCUT2D eigenvalue weighted by Crippen LogP contribution is 2.27. The number of anilines is 1. The van der Waals surface area contributed by atoms with Crippen molar-refractivity contribution in [2.45, 2.75) is 45.8 Å². The van der Waals surface area contributed by atoms with Gasteiger partial charge >= 0.3 is 6.09 Å². The quantitative estimate of drug-likeness (QED) is 0.859. The summed E-state index contributed by atoms with van der Waals surface area (Å²) >= 11 is 0. The maximum atomic E-state index is 12.3. The van der Waals surface area contributed by atoms with Crippen LogP contribution in [0.1, 0.15) is 38.3 Å². The van der Waals surface area contributed by atoms with Crippen molar-refractivity contribution in [3.8, 4) is 0 Å². The van der Waals surface area contributed by atoms with Crippen LogP contribution in [0.25, 0.3) is 0 Å². The van der Waals surface area contributed by atoms with E-state index in [9.17, 15) is 4.79 Å². The minimum absolute atomic E-state index is 0.193. The molecule has 132 valence electrons. The molecular formula is C19H29N3O2. The van der Waals surface area contributed by atoms with Gasteiger partial charge in [-0.05, 0) is 57.4 Å². The van der Waals surface area contributed by atoms with Crippen LogP contribution < -0.4 is 10.2 Å². The predicted molar refractivity (Wildman–Crippen MR) is 96.5 cm³/mol. The van der Waals surface area contributed by atoms with Gasteiger partial charge in [0.2, 0.25) is 0 Å². The number of amides is 1. The predicted octanol–water partition coefficient (Wildman–Crippen LogP) is 2.78. The minimum atomic E-state index is -0.437. The molecule has 0 atom stereocenters. The molecule has 0 radical (unpaired) electrons. The third-order valence-electron chi connectivity index (χ3n) is 4.61. The van der Waals surface area contributed by atoms with Crippen molar-refractivity contribution in [2.75, 3.05) is 37.6 Å². The Morgan fingerprint density at radius 3 is 2.79 bits per heavy atom. The Labute approximate surface area is 145 Å². The summed E-state index contributed by atoms with van der Waals surface area (Å²) in [5, 5.41) is 3.48. The van der Waals surface area contributed by atoms with E-state index in [0.717, 1.165) is 45.6 Å². The van der Waals surface area contributed by atoms with Gasteiger partial charge in [0, 0.05) is 38.4 Å². The zero-order valence-corrected chi connectivity index (χ0v) is 15.1. The van der Waals surface area contributed by atoms with Gasteiger partial charge < -0.3 is 19.9 Å². The number of benzene rings is 1. The Bertz CT molecular complexity index is 595. The second-order valence-electron chi connectivity index (χ2n) is 7.65. The minimum Gasteiger partial charge on any atom is -0.444 e. The normalized spacial score (nSPS) is 18.8. The van der Waals surface area contributed by atoms with Crippen LogP contribution >= 0.6 is 0 Å². The highest BCUT2D eigenvalue weighted by molar-refractivity contribution is 5.68. The smallest absolute Gasteiger partial charge is 0.410 e. The largest absolute Gasteiger partial charge is 0.444 e. The molecule has 2 aliphatic heterocycles. The van der Waals surface area contributed by atoms with Crippen LogP contribution in [-0.4, -0.2) is 49.3 Å². The summed E-state index contributed by atoms with van der Waals surface area (Å²) in [4.78, 5) is 16.6. The van der Waals surface area contributed by atoms with Gasteiger partial charge in [-0.25, -0.2) is 4.79 Å². The summed E-state index contributed by atoms with van der Waals surface area (Å²) in [5.74, 6) is 0. The van der Waals surface area contributed by atoms with Gasteiger partial charge in [0.15, 0.2) is 0 Å². The zero-order valence-electron chi connectivity index (χ0n) is 15.1. The van der Waals surface area contributed by atoms with E-state index in [1.165, 1.54) is 16.8 Å². The van der Waals surface area contributed by atoms with Crippen LogP contribution in [0, 0.1) is 0 Å². The standard InChI is InChI=1S/C19H29N3O2/c1-19(2,3)24-18(23)22-11-5-10-21(12-13-22)17-7-4-6-15-8-9-20-14-16(15)17/h4,6-7,20H,5,8-14H2,1-3H3. The molecule has 0 saturated carbocycles. The number of hydrogen-bond acceptors (Lipinski definition) is 4. The third kappa shape index (κ3) is 4.01. The van der Waals surface area contributed by atoms with Crippen LogP contribution in [-0.2, 0) is 17.7 Å². The molecule has 3 rings (SSSR count). The van der Waals surface area contributed by atoms with E-state index in [1.54, 1.807) is 0 Å². The number of ether oxygens (including phenoxy) is 1. The summed E-state index contributed by atoms with van der Waals surface area (Å²) in [5.41, 5.74) is 3.77. The lowest BCUT2D eigenvalue weighted by Gasteiger charge is -2.29. The molecule has 1 aromatic carbocycles. The molecule has 0 aromatic heterocycles. The summed E-state index contributed by atoms with van der Waals surface area (Å²) < 4.78 is 5.52. The van der Waals surface area contributed by atoms with Crippen LogP contribution in [0.5, 0.6) is 0 Å². The fourth-order valence-electron chi connectivity index (χ4n) is 3.46. The molecule has 1 N–H and O–H groups in total. The molecule has 2 heterocycles. The fourth-order valence-corrected chi connectivity index (χ4v) is 3.46. The number of nitrogens with zero attached hydrogens (tertiary/aromatic N) is 2. The first-order chi connectivity index (χ1) is 11.4. The maximum Gasteiger partial charge on any atom is 0.410 e. The Kier molecular flexibility index (Phi) is 4.99. The number of rotatable bonds is 1. The second kappa shape index (κ2) is 7.01. The van der Waals surface area contributed by atoms with E-state index in [2.05, 4.69) is 28.4 Å². The summed E-state index contributed by atoms with van der Waals surface area (Å²) in [6, 6.07) is 6.62. The molecule has 1 fully saturated rings. The molecule has 0 unspecified atom stereocenters. The van der Waals surface area contributed by atoms with Gasteiger partial charge in [-0.1, -0.05) is 12.1 Å². The summed E-state index contributed by atoms with van der Waals surface area (Å²) in [7, 11) is 0. The first-order valence-electron chi connectivity index (χ1n) is 8.98. The Morgan fingerprint density at radius 1 is 1.17 bits per heavy atom. The second-order valence-corrected chi connectivity index (χ2v) is 7.65. The van der Waals surface area contributed by atoms with Crippen LogP contribution in [0.15, 0.2) is 18.2 Å². The van der Waals surface area contributed by atoms with Crippen molar-refractivity contribution in [1.29, 1.82) is 0 Å². The lowest BCUT2D eigenvalue weighted by molar-refractivity contribution is 0.0263. The molecule has 0 aliphatic carbocycles. The Hall–Kier alpha value is -1.75. The van der Waals surface area contributed by atoms with Crippen molar-refractivity contribution in [1.82, 2.24) is 10.2 Å². The molecule has 5 nitrogen and oxygen atoms in total. The molecule has 0 bridgehead atoms. The van der Waals surface area contributed by atoms with Crippen LogP contribution in [0.4, 0.5) is 10.5 Å². The first kappa shape index (κ1) is 17.1. The third-order valence-corrected chi connectivity index (χ3v) is 4.61. The highest BCUT2D eigenvalue weighted by Gasteiger charge is 2.25. The van der Waals surface area contributed by atoms with E-state index in [4.69, 9.17) is 4.74 Å². The van der Waals surface area contributed by atoms with Crippen molar-refractivity contribution in [2.24, 2.45) is 0 Å². The zero-order chi connectivity index (χ0) is 17.2. The van der Waals surface area contributed by atoms with Gasteiger partial charge in [0.25, 0.3) is 0 Å². The van der Waals surface area contributed by atoms with Gasteiger partial charge in [-0.3, -0.25) is 0 Å². The lowest BCUT2D eigenvalue weighted by Crippen LogP contribution is -2.39. The maximum absolute atomic E-state index is 12.3. The monoisotopic (exact) mass is 331 g/mol. The average Bonchev–Trinajstić information content (AvgIpc) is 2.79. The molecule has 1 saturated heterocycles. The first-order valence-corrected chi connectivity index (χ1v) is 8.98. The number of nitrogens with one attached hydrogen (secondary N) is 1. The Balaban J connectivity index is 1.69. The van der Waals surface area contributed by atoms with Crippen molar-refractivity contribution in [3.05, 3.63) is 29.3 Å². The molecule has 5 heteroatoms. The van der Waals surface area contributed by atoms with Crippen LogP contribution in [0.3, 0.4) is 0 Å². The molecular weight excluding hydrogens is 302 g/mol. The molecule has 24 heavy (non-hydrogen) atoms. The molecule has 1 aromatic rings. The number of fused-ring (bicyclic) bond motifs is 1. The number of carbonyl (C=O) groups is 1. The van der Waals surface area contributed by atoms with Crippen molar-refractivity contribution in [3.63, 3.8) is 0 Å². The van der Waals surface area contributed by atoms with Crippen molar-refractivity contribution >= 4 is 11.8 Å². The molecule has 1 amide bonds. The SMILES string of the molecule is CC(C)(C)OC(=O)N1CCCN(c2cccc3c2CNCC3)CC1. The summed E-state index contributed by atoms with van der Waals surface area (Å²) in [6.07, 6.45) is 1.87. The molecule has 0 spiro atoms.